The predicted molar refractivity (Wildman–Crippen MR) is 64.7 cm³/mol. The van der Waals surface area contributed by atoms with Crippen molar-refractivity contribution in [3.63, 3.8) is 0 Å². The molecule has 0 saturated heterocycles. The summed E-state index contributed by atoms with van der Waals surface area (Å²) < 4.78 is 73.3. The second-order valence-corrected chi connectivity index (χ2v) is 5.81. The molecule has 8 heteroatoms. The SMILES string of the molecule is Cl.FC(F)(F)C1CC(CNCC2CC(C(F)(F)F)C2)C1. The van der Waals surface area contributed by atoms with Gasteiger partial charge in [-0.1, -0.05) is 0 Å². The summed E-state index contributed by atoms with van der Waals surface area (Å²) in [6.45, 7) is 0.972. The van der Waals surface area contributed by atoms with Crippen molar-refractivity contribution >= 4 is 12.4 Å². The Morgan fingerprint density at radius 3 is 1.25 bits per heavy atom. The Morgan fingerprint density at radius 1 is 0.700 bits per heavy atom. The van der Waals surface area contributed by atoms with Crippen molar-refractivity contribution in [2.45, 2.75) is 38.0 Å². The molecule has 0 amide bonds. The predicted octanol–water partition coefficient (Wildman–Crippen LogP) is 4.17. The minimum atomic E-state index is -4.09. The molecule has 0 atom stereocenters. The number of hydrogen-bond donors (Lipinski definition) is 1. The molecule has 0 aromatic carbocycles. The fourth-order valence-corrected chi connectivity index (χ4v) is 2.83. The van der Waals surface area contributed by atoms with E-state index in [0.717, 1.165) is 0 Å². The van der Waals surface area contributed by atoms with Crippen LogP contribution in [0.2, 0.25) is 0 Å². The van der Waals surface area contributed by atoms with E-state index in [4.69, 9.17) is 0 Å². The molecular weight excluding hydrogens is 308 g/mol. The van der Waals surface area contributed by atoms with Crippen LogP contribution in [0.25, 0.3) is 0 Å². The smallest absolute Gasteiger partial charge is 0.316 e. The maximum absolute atomic E-state index is 12.2. The van der Waals surface area contributed by atoms with Gasteiger partial charge in [0.25, 0.3) is 0 Å². The average molecular weight is 326 g/mol. The van der Waals surface area contributed by atoms with E-state index in [1.807, 2.05) is 0 Å². The molecule has 20 heavy (non-hydrogen) atoms. The molecule has 2 rings (SSSR count). The van der Waals surface area contributed by atoms with Gasteiger partial charge in [0.05, 0.1) is 11.8 Å². The van der Waals surface area contributed by atoms with Crippen LogP contribution in [-0.4, -0.2) is 25.4 Å². The van der Waals surface area contributed by atoms with E-state index in [9.17, 15) is 26.3 Å². The van der Waals surface area contributed by atoms with Crippen molar-refractivity contribution in [2.75, 3.05) is 13.1 Å². The van der Waals surface area contributed by atoms with Crippen molar-refractivity contribution in [3.05, 3.63) is 0 Å². The van der Waals surface area contributed by atoms with Gasteiger partial charge in [-0.3, -0.25) is 0 Å². The molecule has 2 aliphatic rings. The van der Waals surface area contributed by atoms with Crippen LogP contribution in [0.5, 0.6) is 0 Å². The monoisotopic (exact) mass is 325 g/mol. The van der Waals surface area contributed by atoms with Crippen LogP contribution in [0.1, 0.15) is 25.7 Å². The Bertz CT molecular complexity index is 274. The highest BCUT2D eigenvalue weighted by Gasteiger charge is 2.48. The standard InChI is InChI=1S/C12H17F6N.ClH/c13-11(14,15)9-1-7(2-9)5-19-6-8-3-10(4-8)12(16,17)18;/h7-10,19H,1-6H2;1H. The number of halogens is 7. The molecule has 2 fully saturated rings. The van der Waals surface area contributed by atoms with E-state index in [1.54, 1.807) is 0 Å². The van der Waals surface area contributed by atoms with Crippen LogP contribution >= 0.6 is 12.4 Å². The maximum Gasteiger partial charge on any atom is 0.391 e. The van der Waals surface area contributed by atoms with E-state index < -0.39 is 24.2 Å². The first-order valence-electron chi connectivity index (χ1n) is 6.50. The minimum Gasteiger partial charge on any atom is -0.316 e. The van der Waals surface area contributed by atoms with Gasteiger partial charge >= 0.3 is 12.4 Å². The van der Waals surface area contributed by atoms with Gasteiger partial charge in [-0.05, 0) is 50.6 Å². The highest BCUT2D eigenvalue weighted by atomic mass is 35.5. The normalized spacial score (nSPS) is 33.9. The van der Waals surface area contributed by atoms with Crippen LogP contribution in [-0.2, 0) is 0 Å². The summed E-state index contributed by atoms with van der Waals surface area (Å²) in [7, 11) is 0. The lowest BCUT2D eigenvalue weighted by Crippen LogP contribution is -2.44. The van der Waals surface area contributed by atoms with Gasteiger partial charge in [0, 0.05) is 0 Å². The lowest BCUT2D eigenvalue weighted by atomic mass is 9.73. The van der Waals surface area contributed by atoms with Gasteiger partial charge in [0.2, 0.25) is 0 Å². The summed E-state index contributed by atoms with van der Waals surface area (Å²) in [4.78, 5) is 0. The van der Waals surface area contributed by atoms with E-state index in [0.29, 0.717) is 13.1 Å². The van der Waals surface area contributed by atoms with Crippen LogP contribution in [0.15, 0.2) is 0 Å². The Hall–Kier alpha value is -0.170. The first-order chi connectivity index (χ1) is 8.66. The highest BCUT2D eigenvalue weighted by molar-refractivity contribution is 5.85. The van der Waals surface area contributed by atoms with Crippen molar-refractivity contribution < 1.29 is 26.3 Å². The lowest BCUT2D eigenvalue weighted by Gasteiger charge is -2.39. The van der Waals surface area contributed by atoms with Gasteiger partial charge in [0.15, 0.2) is 0 Å². The summed E-state index contributed by atoms with van der Waals surface area (Å²) in [5, 5.41) is 3.00. The second kappa shape index (κ2) is 6.30. The Morgan fingerprint density at radius 2 is 1.00 bits per heavy atom. The van der Waals surface area contributed by atoms with Crippen molar-refractivity contribution in [1.29, 1.82) is 0 Å². The molecule has 0 radical (unpaired) electrons. The van der Waals surface area contributed by atoms with E-state index in [1.165, 1.54) is 0 Å². The topological polar surface area (TPSA) is 12.0 Å². The molecule has 0 heterocycles. The van der Waals surface area contributed by atoms with E-state index in [2.05, 4.69) is 5.32 Å². The van der Waals surface area contributed by atoms with Gasteiger partial charge in [-0.25, -0.2) is 0 Å². The van der Waals surface area contributed by atoms with Crippen LogP contribution in [0.3, 0.4) is 0 Å². The van der Waals surface area contributed by atoms with Gasteiger partial charge in [0.1, 0.15) is 0 Å². The third-order valence-corrected chi connectivity index (χ3v) is 4.26. The molecule has 0 aromatic heterocycles. The van der Waals surface area contributed by atoms with Crippen LogP contribution < -0.4 is 5.32 Å². The fraction of sp³-hybridized carbons (Fsp3) is 1.00. The Labute approximate surface area is 119 Å². The van der Waals surface area contributed by atoms with E-state index in [-0.39, 0.29) is 49.9 Å². The lowest BCUT2D eigenvalue weighted by molar-refractivity contribution is -0.205. The van der Waals surface area contributed by atoms with Gasteiger partial charge in [-0.2, -0.15) is 26.3 Å². The van der Waals surface area contributed by atoms with Crippen LogP contribution in [0.4, 0.5) is 26.3 Å². The zero-order chi connectivity index (χ0) is 14.3. The summed E-state index contributed by atoms with van der Waals surface area (Å²) in [5.74, 6) is -2.33. The summed E-state index contributed by atoms with van der Waals surface area (Å²) >= 11 is 0. The number of rotatable bonds is 4. The summed E-state index contributed by atoms with van der Waals surface area (Å²) in [6, 6.07) is 0. The number of alkyl halides is 6. The molecule has 1 N–H and O–H groups in total. The van der Waals surface area contributed by atoms with Crippen LogP contribution in [0, 0.1) is 23.7 Å². The Kier molecular flexibility index (Phi) is 5.63. The first kappa shape index (κ1) is 17.9. The van der Waals surface area contributed by atoms with Gasteiger partial charge < -0.3 is 5.32 Å². The second-order valence-electron chi connectivity index (χ2n) is 5.81. The molecule has 1 nitrogen and oxygen atoms in total. The van der Waals surface area contributed by atoms with Crippen molar-refractivity contribution in [1.82, 2.24) is 5.32 Å². The molecular formula is C12H18ClF6N. The number of nitrogens with one attached hydrogen (secondary N) is 1. The fourth-order valence-electron chi connectivity index (χ4n) is 2.83. The maximum atomic E-state index is 12.2. The third kappa shape index (κ3) is 4.41. The zero-order valence-corrected chi connectivity index (χ0v) is 11.5. The molecule has 2 saturated carbocycles. The molecule has 0 aromatic rings. The highest BCUT2D eigenvalue weighted by Crippen LogP contribution is 2.45. The molecule has 0 unspecified atom stereocenters. The first-order valence-corrected chi connectivity index (χ1v) is 6.50. The Balaban J connectivity index is 0.00000200. The summed E-state index contributed by atoms with van der Waals surface area (Å²) in [6.07, 6.45) is -7.60. The third-order valence-electron chi connectivity index (χ3n) is 4.26. The largest absolute Gasteiger partial charge is 0.391 e. The molecule has 0 spiro atoms. The minimum absolute atomic E-state index is 0. The average Bonchev–Trinajstić information content (AvgIpc) is 2.06. The molecule has 0 bridgehead atoms. The quantitative estimate of drug-likeness (QED) is 0.765. The van der Waals surface area contributed by atoms with E-state index >= 15 is 0 Å². The zero-order valence-electron chi connectivity index (χ0n) is 10.7. The molecule has 2 aliphatic carbocycles. The van der Waals surface area contributed by atoms with Gasteiger partial charge in [-0.15, -0.1) is 12.4 Å². The van der Waals surface area contributed by atoms with Crippen molar-refractivity contribution in [2.24, 2.45) is 23.7 Å². The number of hydrogen-bond acceptors (Lipinski definition) is 1. The molecule has 0 aliphatic heterocycles. The molecule has 120 valence electrons. The summed E-state index contributed by atoms with van der Waals surface area (Å²) in [5.41, 5.74) is 0. The van der Waals surface area contributed by atoms with Crippen molar-refractivity contribution in [3.8, 4) is 0 Å².